The standard InChI is InChI=1S/C17H14BrFN2/c18-16-9-8-12(19)10-15(16)17(21-20)14-7-3-5-11-4-1-2-6-13(11)14/h1-10,17,21H,20H2. The molecular weight excluding hydrogens is 331 g/mol. The molecule has 0 heterocycles. The molecule has 0 bridgehead atoms. The van der Waals surface area contributed by atoms with Crippen LogP contribution in [0.1, 0.15) is 17.2 Å². The second kappa shape index (κ2) is 5.93. The first-order chi connectivity index (χ1) is 10.2. The van der Waals surface area contributed by atoms with Crippen molar-refractivity contribution in [1.82, 2.24) is 5.43 Å². The van der Waals surface area contributed by atoms with Gasteiger partial charge in [0.25, 0.3) is 0 Å². The van der Waals surface area contributed by atoms with Crippen LogP contribution in [0.3, 0.4) is 0 Å². The number of hydrogen-bond acceptors (Lipinski definition) is 2. The molecule has 21 heavy (non-hydrogen) atoms. The Balaban J connectivity index is 2.21. The molecular formula is C17H14BrFN2. The number of halogens is 2. The highest BCUT2D eigenvalue weighted by Crippen LogP contribution is 2.32. The highest BCUT2D eigenvalue weighted by molar-refractivity contribution is 9.10. The first-order valence-electron chi connectivity index (χ1n) is 6.59. The fraction of sp³-hybridized carbons (Fsp3) is 0.0588. The van der Waals surface area contributed by atoms with Crippen LogP contribution in [0.4, 0.5) is 4.39 Å². The van der Waals surface area contributed by atoms with Crippen molar-refractivity contribution in [3.8, 4) is 0 Å². The molecule has 0 spiro atoms. The number of nitrogens with two attached hydrogens (primary N) is 1. The molecule has 2 nitrogen and oxygen atoms in total. The second-order valence-corrected chi connectivity index (χ2v) is 5.69. The van der Waals surface area contributed by atoms with Crippen LogP contribution in [-0.2, 0) is 0 Å². The molecule has 0 aliphatic rings. The third-order valence-electron chi connectivity index (χ3n) is 3.57. The molecule has 1 unspecified atom stereocenters. The molecule has 3 rings (SSSR count). The molecule has 3 N–H and O–H groups in total. The lowest BCUT2D eigenvalue weighted by Gasteiger charge is -2.20. The van der Waals surface area contributed by atoms with Crippen LogP contribution in [0.25, 0.3) is 10.8 Å². The van der Waals surface area contributed by atoms with E-state index in [4.69, 9.17) is 5.84 Å². The van der Waals surface area contributed by atoms with E-state index in [1.165, 1.54) is 12.1 Å². The number of benzene rings is 3. The summed E-state index contributed by atoms with van der Waals surface area (Å²) in [5.41, 5.74) is 4.59. The number of rotatable bonds is 3. The van der Waals surface area contributed by atoms with E-state index in [-0.39, 0.29) is 11.9 Å². The quantitative estimate of drug-likeness (QED) is 0.549. The summed E-state index contributed by atoms with van der Waals surface area (Å²) in [6, 6.07) is 18.4. The third-order valence-corrected chi connectivity index (χ3v) is 4.29. The van der Waals surface area contributed by atoms with E-state index in [1.807, 2.05) is 42.5 Å². The van der Waals surface area contributed by atoms with Crippen LogP contribution in [0.15, 0.2) is 65.1 Å². The fourth-order valence-electron chi connectivity index (χ4n) is 2.59. The molecule has 0 radical (unpaired) electrons. The normalized spacial score (nSPS) is 12.5. The van der Waals surface area contributed by atoms with Crippen molar-refractivity contribution in [3.63, 3.8) is 0 Å². The van der Waals surface area contributed by atoms with Crippen LogP contribution in [0.2, 0.25) is 0 Å². The lowest BCUT2D eigenvalue weighted by atomic mass is 9.94. The largest absolute Gasteiger partial charge is 0.271 e. The van der Waals surface area contributed by atoms with Crippen LogP contribution in [0.5, 0.6) is 0 Å². The van der Waals surface area contributed by atoms with Crippen LogP contribution >= 0.6 is 15.9 Å². The van der Waals surface area contributed by atoms with Gasteiger partial charge in [-0.25, -0.2) is 9.82 Å². The average molecular weight is 345 g/mol. The minimum atomic E-state index is -0.291. The highest BCUT2D eigenvalue weighted by atomic mass is 79.9. The summed E-state index contributed by atoms with van der Waals surface area (Å²) in [6.45, 7) is 0. The third kappa shape index (κ3) is 2.70. The molecule has 4 heteroatoms. The van der Waals surface area contributed by atoms with Gasteiger partial charge < -0.3 is 0 Å². The summed E-state index contributed by atoms with van der Waals surface area (Å²) in [5, 5.41) is 2.22. The van der Waals surface area contributed by atoms with Crippen molar-refractivity contribution in [1.29, 1.82) is 0 Å². The molecule has 0 aromatic heterocycles. The maximum Gasteiger partial charge on any atom is 0.123 e. The Morgan fingerprint density at radius 2 is 1.71 bits per heavy atom. The topological polar surface area (TPSA) is 38.0 Å². The van der Waals surface area contributed by atoms with Gasteiger partial charge in [-0.1, -0.05) is 58.4 Å². The highest BCUT2D eigenvalue weighted by Gasteiger charge is 2.18. The van der Waals surface area contributed by atoms with E-state index in [0.717, 1.165) is 26.4 Å². The minimum Gasteiger partial charge on any atom is -0.271 e. The number of nitrogens with one attached hydrogen (secondary N) is 1. The Hall–Kier alpha value is -1.75. The Bertz CT molecular complexity index is 783. The summed E-state index contributed by atoms with van der Waals surface area (Å²) in [7, 11) is 0. The number of fused-ring (bicyclic) bond motifs is 1. The van der Waals surface area contributed by atoms with E-state index in [1.54, 1.807) is 6.07 Å². The van der Waals surface area contributed by atoms with Gasteiger partial charge in [-0.15, -0.1) is 0 Å². The molecule has 106 valence electrons. The van der Waals surface area contributed by atoms with Gasteiger partial charge in [0, 0.05) is 4.47 Å². The molecule has 0 saturated heterocycles. The summed E-state index contributed by atoms with van der Waals surface area (Å²) in [6.07, 6.45) is 0. The molecule has 0 aliphatic carbocycles. The predicted molar refractivity (Wildman–Crippen MR) is 87.2 cm³/mol. The van der Waals surface area contributed by atoms with Gasteiger partial charge in [-0.05, 0) is 40.1 Å². The molecule has 0 fully saturated rings. The fourth-order valence-corrected chi connectivity index (χ4v) is 3.06. The second-order valence-electron chi connectivity index (χ2n) is 4.83. The van der Waals surface area contributed by atoms with Crippen molar-refractivity contribution in [2.24, 2.45) is 5.84 Å². The number of hydrazine groups is 1. The molecule has 1 atom stereocenters. The summed E-state index contributed by atoms with van der Waals surface area (Å²) in [4.78, 5) is 0. The Kier molecular flexibility index (Phi) is 4.01. The van der Waals surface area contributed by atoms with Gasteiger partial charge >= 0.3 is 0 Å². The van der Waals surface area contributed by atoms with E-state index in [0.29, 0.717) is 0 Å². The molecule has 0 aliphatic heterocycles. The van der Waals surface area contributed by atoms with Crippen molar-refractivity contribution in [3.05, 3.63) is 82.1 Å². The van der Waals surface area contributed by atoms with Crippen molar-refractivity contribution in [2.75, 3.05) is 0 Å². The minimum absolute atomic E-state index is 0.284. The molecule has 3 aromatic carbocycles. The predicted octanol–water partition coefficient (Wildman–Crippen LogP) is 4.29. The SMILES string of the molecule is NNC(c1cc(F)ccc1Br)c1cccc2ccccc12. The smallest absolute Gasteiger partial charge is 0.123 e. The van der Waals surface area contributed by atoms with Crippen LogP contribution < -0.4 is 11.3 Å². The average Bonchev–Trinajstić information content (AvgIpc) is 2.51. The summed E-state index contributed by atoms with van der Waals surface area (Å²) >= 11 is 3.47. The Morgan fingerprint density at radius 1 is 0.952 bits per heavy atom. The Morgan fingerprint density at radius 3 is 2.52 bits per heavy atom. The van der Waals surface area contributed by atoms with E-state index in [9.17, 15) is 4.39 Å². The van der Waals surface area contributed by atoms with E-state index < -0.39 is 0 Å². The van der Waals surface area contributed by atoms with E-state index >= 15 is 0 Å². The van der Waals surface area contributed by atoms with Crippen molar-refractivity contribution >= 4 is 26.7 Å². The maximum absolute atomic E-state index is 13.6. The van der Waals surface area contributed by atoms with Crippen LogP contribution in [-0.4, -0.2) is 0 Å². The van der Waals surface area contributed by atoms with Gasteiger partial charge in [-0.2, -0.15) is 0 Å². The molecule has 0 amide bonds. The number of hydrogen-bond donors (Lipinski definition) is 2. The van der Waals surface area contributed by atoms with Crippen molar-refractivity contribution in [2.45, 2.75) is 6.04 Å². The van der Waals surface area contributed by atoms with E-state index in [2.05, 4.69) is 21.4 Å². The first kappa shape index (κ1) is 14.2. The lowest BCUT2D eigenvalue weighted by molar-refractivity contribution is 0.605. The van der Waals surface area contributed by atoms with Gasteiger partial charge in [0.1, 0.15) is 5.82 Å². The maximum atomic E-state index is 13.6. The zero-order valence-electron chi connectivity index (χ0n) is 11.2. The summed E-state index contributed by atoms with van der Waals surface area (Å²) in [5.74, 6) is 5.47. The first-order valence-corrected chi connectivity index (χ1v) is 7.39. The zero-order chi connectivity index (χ0) is 14.8. The van der Waals surface area contributed by atoms with Gasteiger partial charge in [0.15, 0.2) is 0 Å². The van der Waals surface area contributed by atoms with Gasteiger partial charge in [-0.3, -0.25) is 5.84 Å². The van der Waals surface area contributed by atoms with Gasteiger partial charge in [0.2, 0.25) is 0 Å². The lowest BCUT2D eigenvalue weighted by Crippen LogP contribution is -2.29. The van der Waals surface area contributed by atoms with Crippen molar-refractivity contribution < 1.29 is 4.39 Å². The molecule has 0 saturated carbocycles. The summed E-state index contributed by atoms with van der Waals surface area (Å²) < 4.78 is 14.4. The zero-order valence-corrected chi connectivity index (χ0v) is 12.8. The van der Waals surface area contributed by atoms with Crippen LogP contribution in [0, 0.1) is 5.82 Å². The monoisotopic (exact) mass is 344 g/mol. The Labute approximate surface area is 130 Å². The molecule has 3 aromatic rings. The van der Waals surface area contributed by atoms with Gasteiger partial charge in [0.05, 0.1) is 6.04 Å².